The molecule has 6 nitrogen and oxygen atoms in total. The van der Waals surface area contributed by atoms with E-state index in [1.165, 1.54) is 4.88 Å². The summed E-state index contributed by atoms with van der Waals surface area (Å²) in [4.78, 5) is 17.0. The quantitative estimate of drug-likeness (QED) is 0.579. The minimum atomic E-state index is -0.457. The number of rotatable bonds is 5. The van der Waals surface area contributed by atoms with Crippen molar-refractivity contribution in [2.75, 3.05) is 5.32 Å². The second kappa shape index (κ2) is 6.37. The molecule has 0 atom stereocenters. The first kappa shape index (κ1) is 15.3. The SMILES string of the molecule is NC(=O)c1cccc(-c2cnc3ccc(NCc4cccs4)nn23)c1. The number of hydrogen-bond acceptors (Lipinski definition) is 5. The van der Waals surface area contributed by atoms with Gasteiger partial charge in [0.25, 0.3) is 0 Å². The standard InChI is InChI=1S/C18H15N5OS/c19-18(24)13-4-1-3-12(9-13)15-11-21-17-7-6-16(22-23(15)17)20-10-14-5-2-8-25-14/h1-9,11H,10H2,(H2,19,24)(H,20,22). The Bertz CT molecular complexity index is 1040. The number of primary amides is 1. The summed E-state index contributed by atoms with van der Waals surface area (Å²) in [6, 6.07) is 15.1. The van der Waals surface area contributed by atoms with Crippen LogP contribution in [0.4, 0.5) is 5.82 Å². The summed E-state index contributed by atoms with van der Waals surface area (Å²) in [7, 11) is 0. The van der Waals surface area contributed by atoms with E-state index in [1.54, 1.807) is 40.2 Å². The van der Waals surface area contributed by atoms with E-state index in [0.29, 0.717) is 5.56 Å². The van der Waals surface area contributed by atoms with Gasteiger partial charge in [0.15, 0.2) is 5.65 Å². The summed E-state index contributed by atoms with van der Waals surface area (Å²) < 4.78 is 1.76. The highest BCUT2D eigenvalue weighted by atomic mass is 32.1. The number of imidazole rings is 1. The molecule has 0 aliphatic rings. The molecule has 0 spiro atoms. The van der Waals surface area contributed by atoms with Crippen molar-refractivity contribution < 1.29 is 4.79 Å². The maximum absolute atomic E-state index is 11.4. The van der Waals surface area contributed by atoms with E-state index in [2.05, 4.69) is 21.5 Å². The number of thiophene rings is 1. The number of hydrogen-bond donors (Lipinski definition) is 2. The van der Waals surface area contributed by atoms with E-state index in [4.69, 9.17) is 5.73 Å². The third kappa shape index (κ3) is 3.09. The Hall–Kier alpha value is -3.19. The van der Waals surface area contributed by atoms with Crippen LogP contribution in [0.1, 0.15) is 15.2 Å². The van der Waals surface area contributed by atoms with E-state index >= 15 is 0 Å². The van der Waals surface area contributed by atoms with Gasteiger partial charge < -0.3 is 11.1 Å². The molecule has 3 heterocycles. The van der Waals surface area contributed by atoms with Gasteiger partial charge in [-0.05, 0) is 35.7 Å². The number of amides is 1. The van der Waals surface area contributed by atoms with Gasteiger partial charge in [-0.15, -0.1) is 16.4 Å². The number of nitrogens with two attached hydrogens (primary N) is 1. The van der Waals surface area contributed by atoms with Gasteiger partial charge in [-0.2, -0.15) is 0 Å². The lowest BCUT2D eigenvalue weighted by atomic mass is 10.1. The van der Waals surface area contributed by atoms with Crippen molar-refractivity contribution in [1.82, 2.24) is 14.6 Å². The summed E-state index contributed by atoms with van der Waals surface area (Å²) in [5.74, 6) is 0.299. The Morgan fingerprint density at radius 2 is 2.12 bits per heavy atom. The highest BCUT2D eigenvalue weighted by molar-refractivity contribution is 7.09. The minimum absolute atomic E-state index is 0.457. The summed E-state index contributed by atoms with van der Waals surface area (Å²) in [5, 5.41) is 9.98. The molecule has 0 aliphatic carbocycles. The summed E-state index contributed by atoms with van der Waals surface area (Å²) in [5.41, 5.74) is 8.21. The van der Waals surface area contributed by atoms with E-state index in [0.717, 1.165) is 29.3 Å². The number of carbonyl (C=O) groups excluding carboxylic acids is 1. The third-order valence-corrected chi connectivity index (χ3v) is 4.71. The van der Waals surface area contributed by atoms with Gasteiger partial charge in [-0.25, -0.2) is 9.50 Å². The number of anilines is 1. The van der Waals surface area contributed by atoms with Crippen LogP contribution in [0.2, 0.25) is 0 Å². The van der Waals surface area contributed by atoms with Crippen LogP contribution in [-0.2, 0) is 6.54 Å². The molecule has 1 aromatic carbocycles. The fourth-order valence-corrected chi connectivity index (χ4v) is 3.23. The molecule has 0 bridgehead atoms. The molecule has 0 aliphatic heterocycles. The number of aromatic nitrogens is 3. The Labute approximate surface area is 147 Å². The van der Waals surface area contributed by atoms with Crippen molar-refractivity contribution in [3.05, 3.63) is 70.5 Å². The van der Waals surface area contributed by atoms with Gasteiger partial charge in [-0.3, -0.25) is 4.79 Å². The van der Waals surface area contributed by atoms with E-state index in [-0.39, 0.29) is 0 Å². The van der Waals surface area contributed by atoms with E-state index in [9.17, 15) is 4.79 Å². The maximum atomic E-state index is 11.4. The molecule has 0 fully saturated rings. The van der Waals surface area contributed by atoms with Crippen LogP contribution in [0, 0.1) is 0 Å². The Kier molecular flexibility index (Phi) is 3.91. The fraction of sp³-hybridized carbons (Fsp3) is 0.0556. The molecular weight excluding hydrogens is 334 g/mol. The molecule has 4 rings (SSSR count). The molecule has 124 valence electrons. The lowest BCUT2D eigenvalue weighted by Gasteiger charge is -2.07. The van der Waals surface area contributed by atoms with Gasteiger partial charge in [0, 0.05) is 16.0 Å². The zero-order valence-corrected chi connectivity index (χ0v) is 14.0. The summed E-state index contributed by atoms with van der Waals surface area (Å²) >= 11 is 1.70. The first-order valence-corrected chi connectivity index (χ1v) is 8.60. The predicted octanol–water partition coefficient (Wildman–Crippen LogP) is 3.17. The first-order chi connectivity index (χ1) is 12.2. The zero-order valence-electron chi connectivity index (χ0n) is 13.2. The van der Waals surface area contributed by atoms with Crippen LogP contribution < -0.4 is 11.1 Å². The van der Waals surface area contributed by atoms with Gasteiger partial charge in [-0.1, -0.05) is 18.2 Å². The molecule has 1 amide bonds. The second-order valence-corrected chi connectivity index (χ2v) is 6.54. The Balaban J connectivity index is 1.69. The normalized spacial score (nSPS) is 10.9. The average Bonchev–Trinajstić information content (AvgIpc) is 3.29. The lowest BCUT2D eigenvalue weighted by molar-refractivity contribution is 0.100. The summed E-state index contributed by atoms with van der Waals surface area (Å²) in [6.07, 6.45) is 1.74. The van der Waals surface area contributed by atoms with Gasteiger partial charge >= 0.3 is 0 Å². The van der Waals surface area contributed by atoms with E-state index < -0.39 is 5.91 Å². The van der Waals surface area contributed by atoms with Crippen molar-refractivity contribution >= 4 is 28.7 Å². The summed E-state index contributed by atoms with van der Waals surface area (Å²) in [6.45, 7) is 0.720. The molecule has 0 unspecified atom stereocenters. The van der Waals surface area contributed by atoms with Gasteiger partial charge in [0.05, 0.1) is 18.4 Å². The third-order valence-electron chi connectivity index (χ3n) is 3.83. The molecule has 25 heavy (non-hydrogen) atoms. The molecule has 7 heteroatoms. The monoisotopic (exact) mass is 349 g/mol. The number of fused-ring (bicyclic) bond motifs is 1. The molecule has 0 saturated carbocycles. The number of benzene rings is 1. The molecular formula is C18H15N5OS. The molecule has 0 saturated heterocycles. The minimum Gasteiger partial charge on any atom is -0.366 e. The lowest BCUT2D eigenvalue weighted by Crippen LogP contribution is -2.10. The van der Waals surface area contributed by atoms with E-state index in [1.807, 2.05) is 29.6 Å². The fourth-order valence-electron chi connectivity index (χ4n) is 2.59. The van der Waals surface area contributed by atoms with Crippen LogP contribution in [0.3, 0.4) is 0 Å². The number of carbonyl (C=O) groups is 1. The van der Waals surface area contributed by atoms with Crippen LogP contribution in [-0.4, -0.2) is 20.5 Å². The smallest absolute Gasteiger partial charge is 0.248 e. The van der Waals surface area contributed by atoms with Gasteiger partial charge in [0.1, 0.15) is 5.82 Å². The highest BCUT2D eigenvalue weighted by Crippen LogP contribution is 2.22. The largest absolute Gasteiger partial charge is 0.366 e. The average molecular weight is 349 g/mol. The predicted molar refractivity (Wildman–Crippen MR) is 98.6 cm³/mol. The molecule has 0 radical (unpaired) electrons. The molecule has 3 N–H and O–H groups in total. The maximum Gasteiger partial charge on any atom is 0.248 e. The van der Waals surface area contributed by atoms with Crippen molar-refractivity contribution in [1.29, 1.82) is 0 Å². The van der Waals surface area contributed by atoms with Crippen molar-refractivity contribution in [2.45, 2.75) is 6.54 Å². The Morgan fingerprint density at radius 3 is 2.92 bits per heavy atom. The second-order valence-electron chi connectivity index (χ2n) is 5.51. The molecule has 4 aromatic rings. The Morgan fingerprint density at radius 1 is 1.20 bits per heavy atom. The molecule has 3 aromatic heterocycles. The topological polar surface area (TPSA) is 85.3 Å². The van der Waals surface area contributed by atoms with Crippen LogP contribution in [0.5, 0.6) is 0 Å². The van der Waals surface area contributed by atoms with Crippen LogP contribution in [0.25, 0.3) is 16.9 Å². The zero-order chi connectivity index (χ0) is 17.2. The van der Waals surface area contributed by atoms with Crippen molar-refractivity contribution in [2.24, 2.45) is 5.73 Å². The van der Waals surface area contributed by atoms with Crippen molar-refractivity contribution in [3.63, 3.8) is 0 Å². The number of nitrogens with zero attached hydrogens (tertiary/aromatic N) is 3. The number of nitrogens with one attached hydrogen (secondary N) is 1. The first-order valence-electron chi connectivity index (χ1n) is 7.72. The van der Waals surface area contributed by atoms with Crippen LogP contribution >= 0.6 is 11.3 Å². The van der Waals surface area contributed by atoms with Gasteiger partial charge in [0.2, 0.25) is 5.91 Å². The highest BCUT2D eigenvalue weighted by Gasteiger charge is 2.10. The van der Waals surface area contributed by atoms with Crippen molar-refractivity contribution in [3.8, 4) is 11.3 Å². The van der Waals surface area contributed by atoms with Crippen LogP contribution in [0.15, 0.2) is 60.1 Å².